The molecule has 0 aliphatic carbocycles. The van der Waals surface area contributed by atoms with Crippen LogP contribution in [-0.2, 0) is 6.42 Å². The molecule has 0 aliphatic rings. The van der Waals surface area contributed by atoms with Crippen molar-refractivity contribution in [2.24, 2.45) is 5.41 Å². The Bertz CT molecular complexity index is 341. The van der Waals surface area contributed by atoms with Crippen molar-refractivity contribution in [1.29, 1.82) is 0 Å². The van der Waals surface area contributed by atoms with Gasteiger partial charge in [0.15, 0.2) is 0 Å². The van der Waals surface area contributed by atoms with E-state index in [0.29, 0.717) is 21.8 Å². The van der Waals surface area contributed by atoms with Gasteiger partial charge in [-0.2, -0.15) is 0 Å². The van der Waals surface area contributed by atoms with Gasteiger partial charge in [0, 0.05) is 15.4 Å². The second kappa shape index (κ2) is 5.50. The summed E-state index contributed by atoms with van der Waals surface area (Å²) in [5, 5.41) is 0.523. The molecule has 0 radical (unpaired) electrons. The Balaban J connectivity index is 2.87. The molecule has 0 aliphatic heterocycles. The average Bonchev–Trinajstić information content (AvgIpc) is 2.09. The highest BCUT2D eigenvalue weighted by Gasteiger charge is 2.23. The largest absolute Gasteiger partial charge is 0.207 e. The highest BCUT2D eigenvalue weighted by molar-refractivity contribution is 9.09. The van der Waals surface area contributed by atoms with Gasteiger partial charge in [-0.05, 0) is 30.4 Å². The van der Waals surface area contributed by atoms with Crippen LogP contribution in [0.2, 0.25) is 5.02 Å². The van der Waals surface area contributed by atoms with Crippen LogP contribution in [-0.4, -0.2) is 4.83 Å². The van der Waals surface area contributed by atoms with Gasteiger partial charge >= 0.3 is 0 Å². The summed E-state index contributed by atoms with van der Waals surface area (Å²) in [6.07, 6.45) is 1.64. The Morgan fingerprint density at radius 2 is 2.06 bits per heavy atom. The topological polar surface area (TPSA) is 0 Å². The summed E-state index contributed by atoms with van der Waals surface area (Å²) in [5.41, 5.74) is 0.664. The lowest BCUT2D eigenvalue weighted by Crippen LogP contribution is -2.19. The van der Waals surface area contributed by atoms with E-state index >= 15 is 0 Å². The van der Waals surface area contributed by atoms with E-state index in [9.17, 15) is 4.39 Å². The van der Waals surface area contributed by atoms with Crippen LogP contribution in [0, 0.1) is 11.2 Å². The van der Waals surface area contributed by atoms with Crippen LogP contribution in [0.1, 0.15) is 32.8 Å². The molecule has 0 spiro atoms. The van der Waals surface area contributed by atoms with Crippen molar-refractivity contribution in [2.75, 3.05) is 0 Å². The quantitative estimate of drug-likeness (QED) is 0.669. The summed E-state index contributed by atoms with van der Waals surface area (Å²) in [4.78, 5) is 0.424. The molecular formula is C13H17BrClF. The van der Waals surface area contributed by atoms with E-state index in [1.54, 1.807) is 12.1 Å². The van der Waals surface area contributed by atoms with E-state index in [1.807, 2.05) is 0 Å². The van der Waals surface area contributed by atoms with Gasteiger partial charge in [0.2, 0.25) is 0 Å². The number of halogens is 3. The number of benzene rings is 1. The molecule has 3 heteroatoms. The first-order valence-corrected chi connectivity index (χ1v) is 6.68. The molecule has 0 amide bonds. The van der Waals surface area contributed by atoms with Crippen LogP contribution in [0.5, 0.6) is 0 Å². The highest BCUT2D eigenvalue weighted by Crippen LogP contribution is 2.33. The Morgan fingerprint density at radius 1 is 1.44 bits per heavy atom. The van der Waals surface area contributed by atoms with Gasteiger partial charge < -0.3 is 0 Å². The Hall–Kier alpha value is -0.0800. The van der Waals surface area contributed by atoms with E-state index < -0.39 is 0 Å². The lowest BCUT2D eigenvalue weighted by molar-refractivity contribution is 0.330. The van der Waals surface area contributed by atoms with Gasteiger partial charge in [-0.3, -0.25) is 0 Å². The Kier molecular flexibility index (Phi) is 4.81. The molecule has 0 bridgehead atoms. The summed E-state index contributed by atoms with van der Waals surface area (Å²) in [7, 11) is 0. The van der Waals surface area contributed by atoms with Gasteiger partial charge in [-0.25, -0.2) is 4.39 Å². The van der Waals surface area contributed by atoms with Gasteiger partial charge in [0.05, 0.1) is 0 Å². The molecule has 0 nitrogen and oxygen atoms in total. The minimum Gasteiger partial charge on any atom is -0.207 e. The van der Waals surface area contributed by atoms with Crippen molar-refractivity contribution in [3.63, 3.8) is 0 Å². The highest BCUT2D eigenvalue weighted by atomic mass is 79.9. The van der Waals surface area contributed by atoms with Crippen LogP contribution >= 0.6 is 27.5 Å². The summed E-state index contributed by atoms with van der Waals surface area (Å²) >= 11 is 9.55. The maximum atomic E-state index is 13.6. The second-order valence-corrected chi connectivity index (χ2v) is 7.00. The van der Waals surface area contributed by atoms with Gasteiger partial charge in [0.25, 0.3) is 0 Å². The van der Waals surface area contributed by atoms with E-state index in [1.165, 1.54) is 6.07 Å². The van der Waals surface area contributed by atoms with Gasteiger partial charge in [-0.1, -0.05) is 54.4 Å². The van der Waals surface area contributed by atoms with Crippen molar-refractivity contribution in [3.8, 4) is 0 Å². The van der Waals surface area contributed by atoms with Crippen LogP contribution < -0.4 is 0 Å². The maximum absolute atomic E-state index is 13.6. The number of hydrogen-bond acceptors (Lipinski definition) is 0. The lowest BCUT2D eigenvalue weighted by Gasteiger charge is -2.26. The third-order valence-corrected chi connectivity index (χ3v) is 3.23. The first-order valence-electron chi connectivity index (χ1n) is 5.39. The molecule has 1 atom stereocenters. The number of rotatable bonds is 4. The third-order valence-electron chi connectivity index (χ3n) is 2.55. The van der Waals surface area contributed by atoms with Crippen LogP contribution in [0.4, 0.5) is 4.39 Å². The van der Waals surface area contributed by atoms with Crippen molar-refractivity contribution >= 4 is 27.5 Å². The zero-order chi connectivity index (χ0) is 12.3. The molecular weight excluding hydrogens is 290 g/mol. The zero-order valence-electron chi connectivity index (χ0n) is 9.86. The predicted octanol–water partition coefficient (Wildman–Crippen LogP) is 5.22. The monoisotopic (exact) mass is 306 g/mol. The minimum atomic E-state index is -0.206. The number of alkyl halides is 1. The van der Waals surface area contributed by atoms with E-state index in [2.05, 4.69) is 36.7 Å². The molecule has 0 fully saturated rings. The smallest absolute Gasteiger partial charge is 0.127 e. The Labute approximate surface area is 110 Å². The second-order valence-electron chi connectivity index (χ2n) is 5.03. The summed E-state index contributed by atoms with van der Waals surface area (Å²) in [6.45, 7) is 6.37. The SMILES string of the molecule is CC(Br)CC(C)(C)Cc1c(F)cccc1Cl. The molecule has 1 unspecified atom stereocenters. The molecule has 0 saturated carbocycles. The van der Waals surface area contributed by atoms with Crippen molar-refractivity contribution in [2.45, 2.75) is 38.4 Å². The summed E-state index contributed by atoms with van der Waals surface area (Å²) in [5.74, 6) is -0.206. The third kappa shape index (κ3) is 4.06. The number of hydrogen-bond donors (Lipinski definition) is 0. The maximum Gasteiger partial charge on any atom is 0.127 e. The van der Waals surface area contributed by atoms with Crippen LogP contribution in [0.3, 0.4) is 0 Å². The molecule has 1 aromatic rings. The molecule has 16 heavy (non-hydrogen) atoms. The van der Waals surface area contributed by atoms with Crippen molar-refractivity contribution in [1.82, 2.24) is 0 Å². The molecule has 0 N–H and O–H groups in total. The fourth-order valence-electron chi connectivity index (χ4n) is 2.01. The molecule has 0 saturated heterocycles. The molecule has 1 aromatic carbocycles. The standard InChI is InChI=1S/C13H17BrClF/c1-9(14)7-13(2,3)8-10-11(15)5-4-6-12(10)16/h4-6,9H,7-8H2,1-3H3. The summed E-state index contributed by atoms with van der Waals surface area (Å²) in [6, 6.07) is 4.85. The minimum absolute atomic E-state index is 0.0365. The molecule has 1 rings (SSSR count). The van der Waals surface area contributed by atoms with E-state index in [4.69, 9.17) is 11.6 Å². The molecule has 0 aromatic heterocycles. The van der Waals surface area contributed by atoms with Gasteiger partial charge in [-0.15, -0.1) is 0 Å². The van der Waals surface area contributed by atoms with Crippen LogP contribution in [0.25, 0.3) is 0 Å². The Morgan fingerprint density at radius 3 is 2.56 bits per heavy atom. The molecule has 90 valence electrons. The molecule has 0 heterocycles. The van der Waals surface area contributed by atoms with E-state index in [-0.39, 0.29) is 11.2 Å². The van der Waals surface area contributed by atoms with Crippen molar-refractivity contribution < 1.29 is 4.39 Å². The fraction of sp³-hybridized carbons (Fsp3) is 0.538. The average molecular weight is 308 g/mol. The fourth-order valence-corrected chi connectivity index (χ4v) is 3.12. The lowest BCUT2D eigenvalue weighted by atomic mass is 9.81. The normalized spacial score (nSPS) is 13.9. The van der Waals surface area contributed by atoms with Crippen molar-refractivity contribution in [3.05, 3.63) is 34.6 Å². The first-order chi connectivity index (χ1) is 7.32. The zero-order valence-corrected chi connectivity index (χ0v) is 12.2. The van der Waals surface area contributed by atoms with Crippen LogP contribution in [0.15, 0.2) is 18.2 Å². The first kappa shape index (κ1) is 14.0. The van der Waals surface area contributed by atoms with E-state index in [0.717, 1.165) is 6.42 Å². The predicted molar refractivity (Wildman–Crippen MR) is 71.9 cm³/mol. The summed E-state index contributed by atoms with van der Waals surface area (Å²) < 4.78 is 13.6. The van der Waals surface area contributed by atoms with Gasteiger partial charge in [0.1, 0.15) is 5.82 Å².